The molecule has 8 nitrogen and oxygen atoms in total. The number of amides is 3. The van der Waals surface area contributed by atoms with E-state index in [-0.39, 0.29) is 30.5 Å². The zero-order chi connectivity index (χ0) is 19.9. The summed E-state index contributed by atoms with van der Waals surface area (Å²) in [6.45, 7) is 0.454. The molecule has 0 aliphatic carbocycles. The van der Waals surface area contributed by atoms with E-state index in [1.807, 2.05) is 0 Å². The maximum atomic E-state index is 13.1. The molecule has 0 spiro atoms. The second-order valence-electron chi connectivity index (χ2n) is 5.83. The van der Waals surface area contributed by atoms with Crippen molar-refractivity contribution in [3.05, 3.63) is 71.0 Å². The highest BCUT2D eigenvalue weighted by molar-refractivity contribution is 7.13. The van der Waals surface area contributed by atoms with Crippen molar-refractivity contribution in [2.24, 2.45) is 0 Å². The Morgan fingerprint density at radius 1 is 1.29 bits per heavy atom. The molecule has 0 bridgehead atoms. The van der Waals surface area contributed by atoms with E-state index in [9.17, 15) is 14.0 Å². The summed E-state index contributed by atoms with van der Waals surface area (Å²) in [7, 11) is 1.63. The van der Waals surface area contributed by atoms with Crippen molar-refractivity contribution in [3.63, 3.8) is 0 Å². The second kappa shape index (κ2) is 9.00. The minimum Gasteiger partial charge on any atom is -0.334 e. The lowest BCUT2D eigenvalue weighted by Gasteiger charge is -2.14. The largest absolute Gasteiger partial charge is 0.334 e. The smallest absolute Gasteiger partial charge is 0.321 e. The van der Waals surface area contributed by atoms with Gasteiger partial charge in [0.2, 0.25) is 0 Å². The second-order valence-corrected chi connectivity index (χ2v) is 6.69. The molecule has 0 radical (unpaired) electrons. The maximum absolute atomic E-state index is 13.1. The van der Waals surface area contributed by atoms with Crippen LogP contribution in [-0.2, 0) is 13.1 Å². The molecule has 3 aromatic rings. The molecule has 2 heterocycles. The van der Waals surface area contributed by atoms with Crippen molar-refractivity contribution in [1.82, 2.24) is 25.2 Å². The van der Waals surface area contributed by atoms with Crippen LogP contribution in [0.25, 0.3) is 0 Å². The first-order valence-electron chi connectivity index (χ1n) is 8.26. The van der Waals surface area contributed by atoms with Gasteiger partial charge in [-0.25, -0.2) is 19.2 Å². The molecule has 0 saturated carbocycles. The van der Waals surface area contributed by atoms with Gasteiger partial charge < -0.3 is 10.2 Å². The normalized spacial score (nSPS) is 10.4. The van der Waals surface area contributed by atoms with Crippen LogP contribution in [0.5, 0.6) is 0 Å². The highest BCUT2D eigenvalue weighted by Crippen LogP contribution is 2.17. The number of hydrogen-bond acceptors (Lipinski definition) is 6. The van der Waals surface area contributed by atoms with Crippen LogP contribution < -0.4 is 10.6 Å². The summed E-state index contributed by atoms with van der Waals surface area (Å²) in [6, 6.07) is 5.54. The van der Waals surface area contributed by atoms with Gasteiger partial charge in [0.25, 0.3) is 5.91 Å². The molecular weight excluding hydrogens is 383 g/mol. The molecule has 144 valence electrons. The van der Waals surface area contributed by atoms with Crippen molar-refractivity contribution >= 4 is 28.4 Å². The number of benzene rings is 1. The molecule has 0 aliphatic rings. The van der Waals surface area contributed by atoms with Crippen LogP contribution in [0.3, 0.4) is 0 Å². The molecule has 0 unspecified atom stereocenters. The zero-order valence-corrected chi connectivity index (χ0v) is 15.7. The Hall–Kier alpha value is -3.40. The van der Waals surface area contributed by atoms with Gasteiger partial charge in [0.15, 0.2) is 5.13 Å². The van der Waals surface area contributed by atoms with Gasteiger partial charge in [0, 0.05) is 31.4 Å². The SMILES string of the molecule is CN(Cc1csc(NC(=O)NCc2cccc(F)c2)n1)C(=O)c1cnccn1. The molecule has 10 heteroatoms. The third kappa shape index (κ3) is 5.30. The first-order valence-corrected chi connectivity index (χ1v) is 9.14. The van der Waals surface area contributed by atoms with Gasteiger partial charge >= 0.3 is 6.03 Å². The van der Waals surface area contributed by atoms with E-state index in [1.54, 1.807) is 24.6 Å². The lowest BCUT2D eigenvalue weighted by Crippen LogP contribution is -2.28. The van der Waals surface area contributed by atoms with Crippen molar-refractivity contribution in [3.8, 4) is 0 Å². The molecule has 3 amide bonds. The summed E-state index contributed by atoms with van der Waals surface area (Å²) in [4.78, 5) is 37.8. The molecule has 2 aromatic heterocycles. The molecule has 2 N–H and O–H groups in total. The van der Waals surface area contributed by atoms with E-state index in [2.05, 4.69) is 25.6 Å². The number of urea groups is 1. The van der Waals surface area contributed by atoms with E-state index in [1.165, 1.54) is 47.0 Å². The van der Waals surface area contributed by atoms with E-state index in [4.69, 9.17) is 0 Å². The number of anilines is 1. The number of aromatic nitrogens is 3. The number of thiazole rings is 1. The van der Waals surface area contributed by atoms with Crippen LogP contribution in [0.4, 0.5) is 14.3 Å². The first-order chi connectivity index (χ1) is 13.5. The van der Waals surface area contributed by atoms with Gasteiger partial charge in [-0.05, 0) is 17.7 Å². The number of nitrogens with zero attached hydrogens (tertiary/aromatic N) is 4. The standard InChI is InChI=1S/C18H17FN6O2S/c1-25(16(26)15-9-20-5-6-21-15)10-14-11-28-18(23-14)24-17(27)22-8-12-3-2-4-13(19)7-12/h2-7,9,11H,8,10H2,1H3,(H2,22,23,24,27). The third-order valence-corrected chi connectivity index (χ3v) is 4.45. The van der Waals surface area contributed by atoms with E-state index >= 15 is 0 Å². The number of rotatable bonds is 6. The number of nitrogens with one attached hydrogen (secondary N) is 2. The molecule has 0 fully saturated rings. The molecule has 28 heavy (non-hydrogen) atoms. The van der Waals surface area contributed by atoms with Crippen molar-refractivity contribution in [2.45, 2.75) is 13.1 Å². The summed E-state index contributed by atoms with van der Waals surface area (Å²) in [6.07, 6.45) is 4.35. The van der Waals surface area contributed by atoms with E-state index in [0.29, 0.717) is 16.4 Å². The number of carbonyl (C=O) groups excluding carboxylic acids is 2. The molecule has 0 aliphatic heterocycles. The van der Waals surface area contributed by atoms with Gasteiger partial charge in [0.1, 0.15) is 11.5 Å². The maximum Gasteiger partial charge on any atom is 0.321 e. The minimum absolute atomic E-state index is 0.192. The monoisotopic (exact) mass is 400 g/mol. The van der Waals surface area contributed by atoms with E-state index in [0.717, 1.165) is 0 Å². The topological polar surface area (TPSA) is 100 Å². The molecular formula is C18H17FN6O2S. The Bertz CT molecular complexity index is 965. The molecule has 3 rings (SSSR count). The fraction of sp³-hybridized carbons (Fsp3) is 0.167. The summed E-state index contributed by atoms with van der Waals surface area (Å²) in [5.74, 6) is -0.632. The van der Waals surface area contributed by atoms with Gasteiger partial charge in [-0.2, -0.15) is 0 Å². The summed E-state index contributed by atoms with van der Waals surface area (Å²) in [5, 5.41) is 7.40. The molecule has 0 atom stereocenters. The van der Waals surface area contributed by atoms with Crippen LogP contribution in [-0.4, -0.2) is 38.8 Å². The highest BCUT2D eigenvalue weighted by atomic mass is 32.1. The lowest BCUT2D eigenvalue weighted by atomic mass is 10.2. The van der Waals surface area contributed by atoms with Gasteiger partial charge in [-0.15, -0.1) is 11.3 Å². The van der Waals surface area contributed by atoms with Crippen LogP contribution in [0.2, 0.25) is 0 Å². The van der Waals surface area contributed by atoms with E-state index < -0.39 is 6.03 Å². The van der Waals surface area contributed by atoms with Crippen molar-refractivity contribution in [1.29, 1.82) is 0 Å². The minimum atomic E-state index is -0.450. The Balaban J connectivity index is 1.50. The number of halogens is 1. The highest BCUT2D eigenvalue weighted by Gasteiger charge is 2.15. The Kier molecular flexibility index (Phi) is 6.22. The van der Waals surface area contributed by atoms with Crippen molar-refractivity contribution < 1.29 is 14.0 Å². The van der Waals surface area contributed by atoms with Gasteiger partial charge in [-0.3, -0.25) is 15.1 Å². The average Bonchev–Trinajstić information content (AvgIpc) is 3.13. The molecule has 1 aromatic carbocycles. The fourth-order valence-electron chi connectivity index (χ4n) is 2.33. The van der Waals surface area contributed by atoms with Crippen molar-refractivity contribution in [2.75, 3.05) is 12.4 Å². The molecule has 0 saturated heterocycles. The third-order valence-electron chi connectivity index (χ3n) is 3.64. The average molecular weight is 400 g/mol. The number of hydrogen-bond donors (Lipinski definition) is 2. The lowest BCUT2D eigenvalue weighted by molar-refractivity contribution is 0.0777. The predicted molar refractivity (Wildman–Crippen MR) is 102 cm³/mol. The summed E-state index contributed by atoms with van der Waals surface area (Å²) < 4.78 is 13.1. The fourth-order valence-corrected chi connectivity index (χ4v) is 3.02. The zero-order valence-electron chi connectivity index (χ0n) is 14.9. The van der Waals surface area contributed by atoms with Crippen LogP contribution in [0, 0.1) is 5.82 Å². The van der Waals surface area contributed by atoms with Crippen LogP contribution >= 0.6 is 11.3 Å². The van der Waals surface area contributed by atoms with Gasteiger partial charge in [0.05, 0.1) is 18.4 Å². The predicted octanol–water partition coefficient (Wildman–Crippen LogP) is 2.67. The Labute approximate surface area is 164 Å². The Morgan fingerprint density at radius 3 is 2.89 bits per heavy atom. The van der Waals surface area contributed by atoms with Gasteiger partial charge in [-0.1, -0.05) is 12.1 Å². The summed E-state index contributed by atoms with van der Waals surface area (Å²) >= 11 is 1.24. The van der Waals surface area contributed by atoms with Crippen LogP contribution in [0.1, 0.15) is 21.7 Å². The summed E-state index contributed by atoms with van der Waals surface area (Å²) in [5.41, 5.74) is 1.53. The number of carbonyl (C=O) groups is 2. The van der Waals surface area contributed by atoms with Crippen LogP contribution in [0.15, 0.2) is 48.2 Å². The quantitative estimate of drug-likeness (QED) is 0.663. The first kappa shape index (κ1) is 19.4. The Morgan fingerprint density at radius 2 is 2.14 bits per heavy atom.